The van der Waals surface area contributed by atoms with E-state index in [1.165, 1.54) is 0 Å². The van der Waals surface area contributed by atoms with E-state index in [1.54, 1.807) is 0 Å². The van der Waals surface area contributed by atoms with Gasteiger partial charge in [-0.1, -0.05) is 26.8 Å². The minimum atomic E-state index is -0.109. The highest BCUT2D eigenvalue weighted by Gasteiger charge is 2.22. The molecule has 0 fully saturated rings. The predicted molar refractivity (Wildman–Crippen MR) is 90.6 cm³/mol. The number of aryl methyl sites for hydroxylation is 1. The normalized spacial score (nSPS) is 11.9. The first-order valence-corrected chi connectivity index (χ1v) is 7.70. The van der Waals surface area contributed by atoms with Crippen LogP contribution in [0, 0.1) is 6.92 Å². The quantitative estimate of drug-likeness (QED) is 0.744. The van der Waals surface area contributed by atoms with E-state index in [4.69, 9.17) is 5.10 Å². The van der Waals surface area contributed by atoms with E-state index in [9.17, 15) is 0 Å². The molecule has 3 aromatic heterocycles. The molecule has 3 aromatic rings. The smallest absolute Gasteiger partial charge is 0.178 e. The van der Waals surface area contributed by atoms with Crippen molar-refractivity contribution in [2.45, 2.75) is 39.7 Å². The van der Waals surface area contributed by atoms with Crippen molar-refractivity contribution in [3.8, 4) is 0 Å². The van der Waals surface area contributed by atoms with Gasteiger partial charge in [0.2, 0.25) is 0 Å². The van der Waals surface area contributed by atoms with E-state index in [0.717, 1.165) is 28.5 Å². The van der Waals surface area contributed by atoms with E-state index >= 15 is 0 Å². The van der Waals surface area contributed by atoms with E-state index in [-0.39, 0.29) is 5.41 Å². The number of hydrogen-bond donors (Lipinski definition) is 0. The van der Waals surface area contributed by atoms with Crippen molar-refractivity contribution in [3.05, 3.63) is 47.5 Å². The van der Waals surface area contributed by atoms with Crippen molar-refractivity contribution >= 4 is 11.5 Å². The van der Waals surface area contributed by atoms with Crippen LogP contribution in [-0.4, -0.2) is 31.8 Å². The standard InChI is InChI=1S/C17H22N6/c1-12-6-7-13(18-10-12)11-22(5)15-9-8-14-19-20-16(17(2,3)4)23(14)21-15/h6-10H,11H2,1-5H3. The van der Waals surface area contributed by atoms with E-state index in [0.29, 0.717) is 6.54 Å². The molecule has 0 spiro atoms. The fourth-order valence-corrected chi connectivity index (χ4v) is 2.37. The van der Waals surface area contributed by atoms with Crippen LogP contribution in [-0.2, 0) is 12.0 Å². The summed E-state index contributed by atoms with van der Waals surface area (Å²) in [6.45, 7) is 9.06. The summed E-state index contributed by atoms with van der Waals surface area (Å²) in [6.07, 6.45) is 1.89. The molecule has 0 aromatic carbocycles. The van der Waals surface area contributed by atoms with Crippen LogP contribution in [0.4, 0.5) is 5.82 Å². The van der Waals surface area contributed by atoms with Crippen molar-refractivity contribution in [1.82, 2.24) is 24.8 Å². The summed E-state index contributed by atoms with van der Waals surface area (Å²) in [5, 5.41) is 13.2. The monoisotopic (exact) mass is 310 g/mol. The minimum absolute atomic E-state index is 0.109. The largest absolute Gasteiger partial charge is 0.352 e. The van der Waals surface area contributed by atoms with Crippen LogP contribution < -0.4 is 4.90 Å². The van der Waals surface area contributed by atoms with Gasteiger partial charge >= 0.3 is 0 Å². The van der Waals surface area contributed by atoms with Crippen molar-refractivity contribution in [2.75, 3.05) is 11.9 Å². The highest BCUT2D eigenvalue weighted by atomic mass is 15.4. The summed E-state index contributed by atoms with van der Waals surface area (Å²) >= 11 is 0. The zero-order valence-electron chi connectivity index (χ0n) is 14.3. The third-order valence-electron chi connectivity index (χ3n) is 3.68. The zero-order valence-corrected chi connectivity index (χ0v) is 14.3. The lowest BCUT2D eigenvalue weighted by Gasteiger charge is -2.19. The lowest BCUT2D eigenvalue weighted by atomic mass is 9.96. The summed E-state index contributed by atoms with van der Waals surface area (Å²) in [5.74, 6) is 1.72. The molecular formula is C17H22N6. The molecular weight excluding hydrogens is 288 g/mol. The molecule has 23 heavy (non-hydrogen) atoms. The molecule has 0 aliphatic carbocycles. The summed E-state index contributed by atoms with van der Waals surface area (Å²) in [6, 6.07) is 8.03. The molecule has 0 atom stereocenters. The van der Waals surface area contributed by atoms with Crippen LogP contribution in [0.25, 0.3) is 5.65 Å². The highest BCUT2D eigenvalue weighted by Crippen LogP contribution is 2.21. The molecule has 0 unspecified atom stereocenters. The lowest BCUT2D eigenvalue weighted by Crippen LogP contribution is -2.21. The molecule has 120 valence electrons. The van der Waals surface area contributed by atoms with E-state index < -0.39 is 0 Å². The van der Waals surface area contributed by atoms with Gasteiger partial charge in [0.1, 0.15) is 5.82 Å². The zero-order chi connectivity index (χ0) is 16.6. The van der Waals surface area contributed by atoms with Gasteiger partial charge < -0.3 is 4.90 Å². The SMILES string of the molecule is Cc1ccc(CN(C)c2ccc3nnc(C(C)(C)C)n3n2)nc1. The molecule has 0 aliphatic rings. The fraction of sp³-hybridized carbons (Fsp3) is 0.412. The van der Waals surface area contributed by atoms with Gasteiger partial charge in [0, 0.05) is 18.7 Å². The van der Waals surface area contributed by atoms with Gasteiger partial charge in [0.15, 0.2) is 11.5 Å². The average Bonchev–Trinajstić information content (AvgIpc) is 2.92. The number of hydrogen-bond acceptors (Lipinski definition) is 5. The van der Waals surface area contributed by atoms with Crippen molar-refractivity contribution < 1.29 is 0 Å². The molecule has 0 N–H and O–H groups in total. The van der Waals surface area contributed by atoms with Crippen LogP contribution in [0.1, 0.15) is 37.9 Å². The third-order valence-corrected chi connectivity index (χ3v) is 3.68. The van der Waals surface area contributed by atoms with Crippen LogP contribution in [0.15, 0.2) is 30.5 Å². The second-order valence-electron chi connectivity index (χ2n) is 6.92. The molecule has 0 saturated carbocycles. The van der Waals surface area contributed by atoms with Crippen LogP contribution >= 0.6 is 0 Å². The second-order valence-corrected chi connectivity index (χ2v) is 6.92. The topological polar surface area (TPSA) is 59.2 Å². The Morgan fingerprint density at radius 2 is 1.87 bits per heavy atom. The first-order chi connectivity index (χ1) is 10.8. The summed E-state index contributed by atoms with van der Waals surface area (Å²) in [5.41, 5.74) is 2.83. The number of fused-ring (bicyclic) bond motifs is 1. The Labute approximate surface area is 136 Å². The molecule has 3 rings (SSSR count). The first-order valence-electron chi connectivity index (χ1n) is 7.70. The summed E-state index contributed by atoms with van der Waals surface area (Å²) in [7, 11) is 2.01. The van der Waals surface area contributed by atoms with Crippen molar-refractivity contribution in [1.29, 1.82) is 0 Å². The Bertz CT molecular complexity index is 813. The average molecular weight is 310 g/mol. The Kier molecular flexibility index (Phi) is 3.75. The number of pyridine rings is 1. The maximum absolute atomic E-state index is 4.71. The van der Waals surface area contributed by atoms with E-state index in [1.807, 2.05) is 42.9 Å². The van der Waals surface area contributed by atoms with Gasteiger partial charge in [-0.15, -0.1) is 15.3 Å². The Morgan fingerprint density at radius 1 is 1.09 bits per heavy atom. The summed E-state index contributed by atoms with van der Waals surface area (Å²) < 4.78 is 1.83. The van der Waals surface area contributed by atoms with Gasteiger partial charge in [-0.25, -0.2) is 0 Å². The van der Waals surface area contributed by atoms with Gasteiger partial charge in [-0.3, -0.25) is 4.98 Å². The molecule has 0 aliphatic heterocycles. The Balaban J connectivity index is 1.91. The highest BCUT2D eigenvalue weighted by molar-refractivity contribution is 5.46. The lowest BCUT2D eigenvalue weighted by molar-refractivity contribution is 0.526. The number of nitrogens with zero attached hydrogens (tertiary/aromatic N) is 6. The maximum atomic E-state index is 4.71. The number of anilines is 1. The van der Waals surface area contributed by atoms with Gasteiger partial charge in [-0.2, -0.15) is 4.52 Å². The Hall–Kier alpha value is -2.50. The van der Waals surface area contributed by atoms with E-state index in [2.05, 4.69) is 46.9 Å². The molecule has 0 amide bonds. The van der Waals surface area contributed by atoms with Crippen LogP contribution in [0.3, 0.4) is 0 Å². The minimum Gasteiger partial charge on any atom is -0.352 e. The predicted octanol–water partition coefficient (Wildman–Crippen LogP) is 2.76. The molecule has 0 saturated heterocycles. The van der Waals surface area contributed by atoms with Gasteiger partial charge in [0.05, 0.1) is 12.2 Å². The van der Waals surface area contributed by atoms with Gasteiger partial charge in [-0.05, 0) is 30.7 Å². The van der Waals surface area contributed by atoms with Crippen molar-refractivity contribution in [2.24, 2.45) is 0 Å². The maximum Gasteiger partial charge on any atom is 0.178 e. The molecule has 0 radical (unpaired) electrons. The molecule has 6 heteroatoms. The molecule has 3 heterocycles. The summed E-state index contributed by atoms with van der Waals surface area (Å²) in [4.78, 5) is 6.52. The Morgan fingerprint density at radius 3 is 2.52 bits per heavy atom. The second kappa shape index (κ2) is 5.61. The van der Waals surface area contributed by atoms with Crippen LogP contribution in [0.5, 0.6) is 0 Å². The number of aromatic nitrogens is 5. The van der Waals surface area contributed by atoms with Crippen molar-refractivity contribution in [3.63, 3.8) is 0 Å². The first kappa shape index (κ1) is 15.4. The third kappa shape index (κ3) is 3.16. The molecule has 0 bridgehead atoms. The van der Waals surface area contributed by atoms with Gasteiger partial charge in [0.25, 0.3) is 0 Å². The van der Waals surface area contributed by atoms with Crippen LogP contribution in [0.2, 0.25) is 0 Å². The number of rotatable bonds is 3. The molecule has 6 nitrogen and oxygen atoms in total. The fourth-order valence-electron chi connectivity index (χ4n) is 2.37.